The van der Waals surface area contributed by atoms with Gasteiger partial charge in [0.15, 0.2) is 11.0 Å². The Balaban J connectivity index is 1.21. The van der Waals surface area contributed by atoms with E-state index in [9.17, 15) is 4.79 Å². The van der Waals surface area contributed by atoms with Crippen molar-refractivity contribution in [3.63, 3.8) is 0 Å². The minimum atomic E-state index is -0.247. The molecule has 9 heteroatoms. The number of carbonyl (C=O) groups is 1. The van der Waals surface area contributed by atoms with Crippen LogP contribution in [0, 0.1) is 0 Å². The van der Waals surface area contributed by atoms with E-state index in [0.29, 0.717) is 41.0 Å². The first-order valence-electron chi connectivity index (χ1n) is 13.1. The lowest BCUT2D eigenvalue weighted by Gasteiger charge is -2.15. The second-order valence-corrected chi connectivity index (χ2v) is 10.6. The standard InChI is InChI=1S/C29H29N5O3S/c1-2-3-15-36-22-16-20(28(35)31-29-30-24-7-6-8-25(24)38-29)17-23(18-22)37-21-12-10-19(11-13-21)27-33-32-26-9-4-5-14-34(26)27/h2,10-13,16-18H,1,3-9,14-15H2,(H,30,31,35). The number of nitrogens with one attached hydrogen (secondary N) is 1. The number of carbonyl (C=O) groups excluding carboxylic acids is 1. The predicted octanol–water partition coefficient (Wildman–Crippen LogP) is 6.23. The van der Waals surface area contributed by atoms with Gasteiger partial charge in [-0.3, -0.25) is 10.1 Å². The number of aryl methyl sites for hydroxylation is 3. The average molecular weight is 528 g/mol. The van der Waals surface area contributed by atoms with Crippen LogP contribution in [0.25, 0.3) is 11.4 Å². The highest BCUT2D eigenvalue weighted by Gasteiger charge is 2.20. The summed E-state index contributed by atoms with van der Waals surface area (Å²) in [6, 6.07) is 13.0. The number of hydrogen-bond acceptors (Lipinski definition) is 7. The predicted molar refractivity (Wildman–Crippen MR) is 147 cm³/mol. The molecule has 0 radical (unpaired) electrons. The minimum absolute atomic E-state index is 0.247. The Labute approximate surface area is 225 Å². The number of rotatable bonds is 9. The van der Waals surface area contributed by atoms with E-state index in [0.717, 1.165) is 68.0 Å². The lowest BCUT2D eigenvalue weighted by Crippen LogP contribution is -2.12. The maximum atomic E-state index is 13.1. The quantitative estimate of drug-likeness (QED) is 0.205. The number of ether oxygens (including phenoxy) is 2. The molecule has 0 atom stereocenters. The normalized spacial score (nSPS) is 14.0. The third-order valence-corrected chi connectivity index (χ3v) is 7.83. The molecular formula is C29H29N5O3S. The largest absolute Gasteiger partial charge is 0.493 e. The van der Waals surface area contributed by atoms with E-state index >= 15 is 0 Å². The number of fused-ring (bicyclic) bond motifs is 2. The summed E-state index contributed by atoms with van der Waals surface area (Å²) in [7, 11) is 0. The van der Waals surface area contributed by atoms with Crippen molar-refractivity contribution in [3.8, 4) is 28.6 Å². The Bertz CT molecular complexity index is 1450. The van der Waals surface area contributed by atoms with Gasteiger partial charge in [0.05, 0.1) is 12.3 Å². The van der Waals surface area contributed by atoms with Crippen LogP contribution in [0.2, 0.25) is 0 Å². The van der Waals surface area contributed by atoms with Crippen molar-refractivity contribution < 1.29 is 14.3 Å². The number of nitrogens with zero attached hydrogens (tertiary/aromatic N) is 4. The van der Waals surface area contributed by atoms with Crippen LogP contribution in [-0.2, 0) is 25.8 Å². The molecule has 38 heavy (non-hydrogen) atoms. The van der Waals surface area contributed by atoms with Gasteiger partial charge in [0.25, 0.3) is 5.91 Å². The summed E-state index contributed by atoms with van der Waals surface area (Å²) in [5.74, 6) is 3.41. The number of amides is 1. The van der Waals surface area contributed by atoms with Crippen molar-refractivity contribution in [1.29, 1.82) is 0 Å². The SMILES string of the molecule is C=CCCOc1cc(Oc2ccc(-c3nnc4n3CCCC4)cc2)cc(C(=O)Nc2nc3c(s2)CCC3)c1. The van der Waals surface area contributed by atoms with Gasteiger partial charge in [0.1, 0.15) is 23.1 Å². The van der Waals surface area contributed by atoms with Crippen LogP contribution in [0.15, 0.2) is 55.1 Å². The van der Waals surface area contributed by atoms with Gasteiger partial charge in [-0.15, -0.1) is 28.1 Å². The maximum absolute atomic E-state index is 13.1. The minimum Gasteiger partial charge on any atom is -0.493 e. The van der Waals surface area contributed by atoms with Gasteiger partial charge in [-0.2, -0.15) is 0 Å². The first-order valence-corrected chi connectivity index (χ1v) is 13.9. The van der Waals surface area contributed by atoms with Crippen molar-refractivity contribution in [1.82, 2.24) is 19.7 Å². The fourth-order valence-electron chi connectivity index (χ4n) is 4.85. The highest BCUT2D eigenvalue weighted by atomic mass is 32.1. The van der Waals surface area contributed by atoms with E-state index in [1.807, 2.05) is 24.3 Å². The maximum Gasteiger partial charge on any atom is 0.257 e. The molecule has 4 aromatic rings. The third kappa shape index (κ3) is 5.19. The van der Waals surface area contributed by atoms with E-state index in [4.69, 9.17) is 9.47 Å². The highest BCUT2D eigenvalue weighted by Crippen LogP contribution is 2.33. The van der Waals surface area contributed by atoms with Crippen LogP contribution in [-0.4, -0.2) is 32.3 Å². The molecule has 1 N–H and O–H groups in total. The molecule has 6 rings (SSSR count). The monoisotopic (exact) mass is 527 g/mol. The Kier molecular flexibility index (Phi) is 6.92. The van der Waals surface area contributed by atoms with E-state index in [2.05, 4.69) is 31.6 Å². The summed E-state index contributed by atoms with van der Waals surface area (Å²) in [6.45, 7) is 5.15. The van der Waals surface area contributed by atoms with Crippen LogP contribution in [0.5, 0.6) is 17.2 Å². The summed E-state index contributed by atoms with van der Waals surface area (Å²) >= 11 is 1.55. The summed E-state index contributed by atoms with van der Waals surface area (Å²) in [5.41, 5.74) is 2.54. The second kappa shape index (κ2) is 10.8. The lowest BCUT2D eigenvalue weighted by atomic mass is 10.1. The van der Waals surface area contributed by atoms with Crippen molar-refractivity contribution >= 4 is 22.4 Å². The zero-order chi connectivity index (χ0) is 25.9. The fourth-order valence-corrected chi connectivity index (χ4v) is 5.89. The van der Waals surface area contributed by atoms with Crippen molar-refractivity contribution in [2.75, 3.05) is 11.9 Å². The molecule has 1 amide bonds. The molecule has 2 aromatic carbocycles. The Hall–Kier alpha value is -3.98. The van der Waals surface area contributed by atoms with E-state index in [-0.39, 0.29) is 5.91 Å². The van der Waals surface area contributed by atoms with Gasteiger partial charge in [-0.05, 0) is 74.9 Å². The molecule has 2 aromatic heterocycles. The number of thiazole rings is 1. The zero-order valence-corrected chi connectivity index (χ0v) is 21.9. The van der Waals surface area contributed by atoms with Gasteiger partial charge >= 0.3 is 0 Å². The summed E-state index contributed by atoms with van der Waals surface area (Å²) in [6.07, 6.45) is 8.92. The molecule has 0 spiro atoms. The molecule has 1 aliphatic carbocycles. The molecule has 0 unspecified atom stereocenters. The summed E-state index contributed by atoms with van der Waals surface area (Å²) < 4.78 is 14.2. The zero-order valence-electron chi connectivity index (χ0n) is 21.1. The van der Waals surface area contributed by atoms with Gasteiger partial charge in [0, 0.05) is 35.0 Å². The molecule has 2 aliphatic rings. The van der Waals surface area contributed by atoms with Crippen molar-refractivity contribution in [3.05, 3.63) is 77.1 Å². The highest BCUT2D eigenvalue weighted by molar-refractivity contribution is 7.16. The molecule has 3 heterocycles. The number of anilines is 1. The van der Waals surface area contributed by atoms with E-state index < -0.39 is 0 Å². The van der Waals surface area contributed by atoms with Crippen LogP contribution >= 0.6 is 11.3 Å². The summed E-state index contributed by atoms with van der Waals surface area (Å²) in [4.78, 5) is 19.0. The second-order valence-electron chi connectivity index (χ2n) is 9.49. The molecule has 0 saturated carbocycles. The number of hydrogen-bond donors (Lipinski definition) is 1. The van der Waals surface area contributed by atoms with Crippen molar-refractivity contribution in [2.45, 2.75) is 51.5 Å². The smallest absolute Gasteiger partial charge is 0.257 e. The van der Waals surface area contributed by atoms with Gasteiger partial charge in [-0.25, -0.2) is 4.98 Å². The lowest BCUT2D eigenvalue weighted by molar-refractivity contribution is 0.102. The van der Waals surface area contributed by atoms with Crippen LogP contribution in [0.4, 0.5) is 5.13 Å². The fraction of sp³-hybridized carbons (Fsp3) is 0.310. The third-order valence-electron chi connectivity index (χ3n) is 6.76. The van der Waals surface area contributed by atoms with E-state index in [1.165, 1.54) is 4.88 Å². The number of benzene rings is 2. The molecular weight excluding hydrogens is 498 g/mol. The first-order chi connectivity index (χ1) is 18.7. The molecule has 0 bridgehead atoms. The molecule has 194 valence electrons. The molecule has 1 aliphatic heterocycles. The van der Waals surface area contributed by atoms with Gasteiger partial charge in [0.2, 0.25) is 0 Å². The molecule has 8 nitrogen and oxygen atoms in total. The van der Waals surface area contributed by atoms with Crippen LogP contribution in [0.1, 0.15) is 52.4 Å². The van der Waals surface area contributed by atoms with Gasteiger partial charge in [-0.1, -0.05) is 6.08 Å². The average Bonchev–Trinajstić information content (AvgIpc) is 3.65. The molecule has 0 fully saturated rings. The summed E-state index contributed by atoms with van der Waals surface area (Å²) in [5, 5.41) is 12.3. The topological polar surface area (TPSA) is 91.2 Å². The Morgan fingerprint density at radius 3 is 2.74 bits per heavy atom. The van der Waals surface area contributed by atoms with Gasteiger partial charge < -0.3 is 14.0 Å². The Morgan fingerprint density at radius 1 is 1.03 bits per heavy atom. The van der Waals surface area contributed by atoms with E-state index in [1.54, 1.807) is 35.6 Å². The number of aromatic nitrogens is 4. The molecule has 0 saturated heterocycles. The first kappa shape index (κ1) is 24.4. The van der Waals surface area contributed by atoms with Crippen molar-refractivity contribution in [2.24, 2.45) is 0 Å². The Morgan fingerprint density at radius 2 is 1.89 bits per heavy atom. The van der Waals surface area contributed by atoms with Crippen LogP contribution in [0.3, 0.4) is 0 Å². The van der Waals surface area contributed by atoms with Crippen LogP contribution < -0.4 is 14.8 Å².